The monoisotopic (exact) mass is 353 g/mol. The van der Waals surface area contributed by atoms with E-state index in [1.807, 2.05) is 6.20 Å². The van der Waals surface area contributed by atoms with Crippen LogP contribution in [0.25, 0.3) is 0 Å². The summed E-state index contributed by atoms with van der Waals surface area (Å²) >= 11 is 0. The third-order valence-corrected chi connectivity index (χ3v) is 5.83. The van der Waals surface area contributed by atoms with Crippen LogP contribution in [0.1, 0.15) is 73.0 Å². The van der Waals surface area contributed by atoms with E-state index in [1.165, 1.54) is 41.9 Å². The molecule has 26 heavy (non-hydrogen) atoms. The van der Waals surface area contributed by atoms with Crippen LogP contribution in [-0.2, 0) is 25.7 Å². The summed E-state index contributed by atoms with van der Waals surface area (Å²) in [4.78, 5) is 13.2. The first kappa shape index (κ1) is 17.7. The van der Waals surface area contributed by atoms with E-state index in [-0.39, 0.29) is 0 Å². The minimum atomic E-state index is 0.354. The van der Waals surface area contributed by atoms with Crippen LogP contribution >= 0.6 is 0 Å². The average Bonchev–Trinajstić information content (AvgIpc) is 3.08. The summed E-state index contributed by atoms with van der Waals surface area (Å²) in [5, 5.41) is 3.90. The summed E-state index contributed by atoms with van der Waals surface area (Å²) in [6.07, 6.45) is 13.4. The van der Waals surface area contributed by atoms with Crippen LogP contribution in [0.4, 0.5) is 0 Å². The maximum absolute atomic E-state index is 5.80. The molecule has 0 aliphatic heterocycles. The van der Waals surface area contributed by atoms with Gasteiger partial charge >= 0.3 is 0 Å². The molecule has 2 atom stereocenters. The number of nitrogens with one attached hydrogen (secondary N) is 2. The Balaban J connectivity index is 1.48. The van der Waals surface area contributed by atoms with Crippen molar-refractivity contribution in [3.63, 3.8) is 0 Å². The van der Waals surface area contributed by atoms with E-state index >= 15 is 0 Å². The zero-order chi connectivity index (χ0) is 17.8. The van der Waals surface area contributed by atoms with Crippen LogP contribution < -0.4 is 11.1 Å². The molecule has 2 aromatic heterocycles. The first-order chi connectivity index (χ1) is 12.8. The van der Waals surface area contributed by atoms with Crippen molar-refractivity contribution in [2.24, 2.45) is 5.73 Å². The highest BCUT2D eigenvalue weighted by atomic mass is 15.0. The molecule has 140 valence electrons. The van der Waals surface area contributed by atoms with Gasteiger partial charge in [-0.1, -0.05) is 6.07 Å². The first-order valence-electron chi connectivity index (χ1n) is 10.3. The Morgan fingerprint density at radius 2 is 2.15 bits per heavy atom. The highest BCUT2D eigenvalue weighted by Gasteiger charge is 2.25. The Morgan fingerprint density at radius 3 is 3.04 bits per heavy atom. The van der Waals surface area contributed by atoms with Crippen LogP contribution in [0.15, 0.2) is 18.3 Å². The van der Waals surface area contributed by atoms with Crippen LogP contribution in [0.2, 0.25) is 0 Å². The molecule has 0 saturated carbocycles. The largest absolute Gasteiger partial charge is 0.346 e. The quantitative estimate of drug-likeness (QED) is 0.715. The predicted molar refractivity (Wildman–Crippen MR) is 104 cm³/mol. The molecule has 0 aromatic carbocycles. The number of hydrogen-bond donors (Lipinski definition) is 3. The third kappa shape index (κ3) is 3.99. The van der Waals surface area contributed by atoms with Gasteiger partial charge in [-0.3, -0.25) is 4.98 Å². The van der Waals surface area contributed by atoms with Gasteiger partial charge in [-0.25, -0.2) is 4.98 Å². The summed E-state index contributed by atoms with van der Waals surface area (Å²) in [5.41, 5.74) is 11.1. The van der Waals surface area contributed by atoms with E-state index in [1.54, 1.807) is 0 Å². The van der Waals surface area contributed by atoms with Gasteiger partial charge in [0, 0.05) is 30.4 Å². The van der Waals surface area contributed by atoms with Crippen molar-refractivity contribution in [1.29, 1.82) is 0 Å². The van der Waals surface area contributed by atoms with Crippen molar-refractivity contribution in [2.75, 3.05) is 6.54 Å². The molecule has 0 fully saturated rings. The van der Waals surface area contributed by atoms with Crippen molar-refractivity contribution in [3.05, 3.63) is 46.8 Å². The fraction of sp³-hybridized carbons (Fsp3) is 0.619. The highest BCUT2D eigenvalue weighted by molar-refractivity contribution is 5.25. The van der Waals surface area contributed by atoms with Gasteiger partial charge in [0.1, 0.15) is 5.82 Å². The Kier molecular flexibility index (Phi) is 5.65. The van der Waals surface area contributed by atoms with Crippen molar-refractivity contribution >= 4 is 0 Å². The number of rotatable bonds is 7. The minimum Gasteiger partial charge on any atom is -0.346 e. The van der Waals surface area contributed by atoms with Crippen LogP contribution in [-0.4, -0.2) is 27.5 Å². The van der Waals surface area contributed by atoms with Crippen molar-refractivity contribution in [2.45, 2.75) is 76.3 Å². The van der Waals surface area contributed by atoms with Crippen LogP contribution in [0, 0.1) is 0 Å². The lowest BCUT2D eigenvalue weighted by molar-refractivity contribution is 0.363. The Bertz CT molecular complexity index is 699. The lowest BCUT2D eigenvalue weighted by atomic mass is 9.91. The van der Waals surface area contributed by atoms with Gasteiger partial charge in [-0.15, -0.1) is 0 Å². The van der Waals surface area contributed by atoms with E-state index in [9.17, 15) is 0 Å². The number of fused-ring (bicyclic) bond motifs is 2. The molecular weight excluding hydrogens is 322 g/mol. The summed E-state index contributed by atoms with van der Waals surface area (Å²) in [5.74, 6) is 1.14. The van der Waals surface area contributed by atoms with Gasteiger partial charge in [0.25, 0.3) is 0 Å². The topological polar surface area (TPSA) is 79.6 Å². The molecule has 5 heteroatoms. The molecule has 4 N–H and O–H groups in total. The summed E-state index contributed by atoms with van der Waals surface area (Å²) < 4.78 is 0. The summed E-state index contributed by atoms with van der Waals surface area (Å²) in [6.45, 7) is 0.742. The molecule has 0 amide bonds. The van der Waals surface area contributed by atoms with Gasteiger partial charge < -0.3 is 16.0 Å². The third-order valence-electron chi connectivity index (χ3n) is 5.83. The molecule has 2 aromatic rings. The van der Waals surface area contributed by atoms with Crippen LogP contribution in [0.3, 0.4) is 0 Å². The van der Waals surface area contributed by atoms with E-state index in [0.717, 1.165) is 57.3 Å². The number of imidazole rings is 1. The molecule has 2 aliphatic rings. The maximum Gasteiger partial charge on any atom is 0.108 e. The normalized spacial score (nSPS) is 20.4. The molecule has 2 aliphatic carbocycles. The second-order valence-electron chi connectivity index (χ2n) is 7.81. The average molecular weight is 354 g/mol. The Labute approximate surface area is 156 Å². The molecule has 0 radical (unpaired) electrons. The number of aromatic nitrogens is 3. The lowest BCUT2D eigenvalue weighted by Crippen LogP contribution is -2.37. The number of nitrogens with two attached hydrogens (primary N) is 1. The van der Waals surface area contributed by atoms with E-state index in [2.05, 4.69) is 27.4 Å². The van der Waals surface area contributed by atoms with Crippen molar-refractivity contribution in [1.82, 2.24) is 20.3 Å². The molecule has 4 rings (SSSR count). The maximum atomic E-state index is 5.80. The molecular formula is C21H31N5. The van der Waals surface area contributed by atoms with Crippen molar-refractivity contribution < 1.29 is 0 Å². The van der Waals surface area contributed by atoms with E-state index in [0.29, 0.717) is 12.1 Å². The molecule has 0 spiro atoms. The molecule has 0 saturated heterocycles. The second-order valence-corrected chi connectivity index (χ2v) is 7.81. The SMILES string of the molecule is NCCCC(Cc1nc2c([nH]1)CCCC2)NC1CCCc2cccnc21. The number of pyridine rings is 1. The molecule has 2 heterocycles. The van der Waals surface area contributed by atoms with Crippen LogP contribution in [0.5, 0.6) is 0 Å². The van der Waals surface area contributed by atoms with E-state index in [4.69, 9.17) is 10.7 Å². The summed E-state index contributed by atoms with van der Waals surface area (Å²) in [6, 6.07) is 5.03. The predicted octanol–water partition coefficient (Wildman–Crippen LogP) is 3.00. The standard InChI is InChI=1S/C21H31N5/c22-12-4-8-16(14-20-25-17-9-1-2-10-18(17)26-20)24-19-11-3-6-15-7-5-13-23-21(15)19/h5,7,13,16,19,24H,1-4,6,8-12,14,22H2,(H,25,26). The van der Waals surface area contributed by atoms with Gasteiger partial charge in [-0.2, -0.15) is 0 Å². The van der Waals surface area contributed by atoms with E-state index < -0.39 is 0 Å². The van der Waals surface area contributed by atoms with Gasteiger partial charge in [0.2, 0.25) is 0 Å². The lowest BCUT2D eigenvalue weighted by Gasteiger charge is -2.29. The van der Waals surface area contributed by atoms with Gasteiger partial charge in [0.15, 0.2) is 0 Å². The van der Waals surface area contributed by atoms with Gasteiger partial charge in [0.05, 0.1) is 11.4 Å². The van der Waals surface area contributed by atoms with Crippen molar-refractivity contribution in [3.8, 4) is 0 Å². The highest BCUT2D eigenvalue weighted by Crippen LogP contribution is 2.29. The number of nitrogens with zero attached hydrogens (tertiary/aromatic N) is 2. The number of hydrogen-bond acceptors (Lipinski definition) is 4. The molecule has 0 bridgehead atoms. The summed E-state index contributed by atoms with van der Waals surface area (Å²) in [7, 11) is 0. The first-order valence-corrected chi connectivity index (χ1v) is 10.3. The molecule has 5 nitrogen and oxygen atoms in total. The fourth-order valence-corrected chi connectivity index (χ4v) is 4.51. The fourth-order valence-electron chi connectivity index (χ4n) is 4.51. The zero-order valence-electron chi connectivity index (χ0n) is 15.6. The number of aryl methyl sites for hydroxylation is 3. The zero-order valence-corrected chi connectivity index (χ0v) is 15.6. The minimum absolute atomic E-state index is 0.354. The molecule has 2 unspecified atom stereocenters. The smallest absolute Gasteiger partial charge is 0.108 e. The second kappa shape index (κ2) is 8.31. The number of aromatic amines is 1. The Morgan fingerprint density at radius 1 is 1.23 bits per heavy atom. The van der Waals surface area contributed by atoms with Gasteiger partial charge in [-0.05, 0) is 76.0 Å². The number of H-pyrrole nitrogens is 1. The Hall–Kier alpha value is -1.72.